The van der Waals surface area contributed by atoms with Gasteiger partial charge in [-0.05, 0) is 88.2 Å². The first-order valence-corrected chi connectivity index (χ1v) is 13.0. The Hall–Kier alpha value is -3.39. The monoisotopic (exact) mass is 507 g/mol. The second-order valence-electron chi connectivity index (χ2n) is 11.1. The fourth-order valence-corrected chi connectivity index (χ4v) is 5.44. The summed E-state index contributed by atoms with van der Waals surface area (Å²) in [6.45, 7) is 7.32. The average Bonchev–Trinajstić information content (AvgIpc) is 2.88. The summed E-state index contributed by atoms with van der Waals surface area (Å²) in [7, 11) is 0. The zero-order valence-electron chi connectivity index (χ0n) is 21.8. The number of amides is 2. The van der Waals surface area contributed by atoms with Crippen molar-refractivity contribution in [1.82, 2.24) is 10.2 Å². The van der Waals surface area contributed by atoms with Crippen molar-refractivity contribution < 1.29 is 24.2 Å². The number of nitrogens with zero attached hydrogens (tertiary/aromatic N) is 1. The molecular formula is C29H37N3O5. The second kappa shape index (κ2) is 11.3. The Morgan fingerprint density at radius 1 is 0.973 bits per heavy atom. The normalized spacial score (nSPS) is 22.8. The van der Waals surface area contributed by atoms with E-state index in [0.29, 0.717) is 36.2 Å². The maximum absolute atomic E-state index is 13.4. The largest absolute Gasteiger partial charge is 0.465 e. The molecule has 0 spiro atoms. The molecule has 37 heavy (non-hydrogen) atoms. The van der Waals surface area contributed by atoms with Crippen molar-refractivity contribution in [1.29, 1.82) is 0 Å². The van der Waals surface area contributed by atoms with Gasteiger partial charge in [-0.1, -0.05) is 30.3 Å². The predicted octanol–water partition coefficient (Wildman–Crippen LogP) is 4.73. The molecule has 3 atom stereocenters. The van der Waals surface area contributed by atoms with Gasteiger partial charge in [0.05, 0.1) is 11.6 Å². The van der Waals surface area contributed by atoms with E-state index in [4.69, 9.17) is 4.74 Å². The molecule has 2 aliphatic heterocycles. The minimum atomic E-state index is -0.849. The molecule has 2 aromatic carbocycles. The lowest BCUT2D eigenvalue weighted by atomic mass is 9.72. The van der Waals surface area contributed by atoms with Gasteiger partial charge < -0.3 is 25.4 Å². The van der Waals surface area contributed by atoms with Crippen LogP contribution in [0.5, 0.6) is 0 Å². The van der Waals surface area contributed by atoms with E-state index in [1.807, 2.05) is 39.0 Å². The first kappa shape index (κ1) is 26.7. The smallest absolute Gasteiger partial charge is 0.407 e. The van der Waals surface area contributed by atoms with Crippen LogP contribution in [0.15, 0.2) is 54.6 Å². The number of anilines is 1. The molecule has 2 fully saturated rings. The van der Waals surface area contributed by atoms with Crippen LogP contribution in [0.3, 0.4) is 0 Å². The van der Waals surface area contributed by atoms with E-state index in [0.717, 1.165) is 31.4 Å². The maximum Gasteiger partial charge on any atom is 0.407 e. The number of ether oxygens (including phenoxy) is 1. The van der Waals surface area contributed by atoms with Gasteiger partial charge in [0, 0.05) is 24.7 Å². The van der Waals surface area contributed by atoms with Crippen LogP contribution in [-0.2, 0) is 9.53 Å². The Kier molecular flexibility index (Phi) is 8.17. The van der Waals surface area contributed by atoms with Crippen LogP contribution in [0.25, 0.3) is 0 Å². The van der Waals surface area contributed by atoms with Crippen LogP contribution >= 0.6 is 0 Å². The van der Waals surface area contributed by atoms with Crippen molar-refractivity contribution in [2.45, 2.75) is 57.6 Å². The Labute approximate surface area is 218 Å². The summed E-state index contributed by atoms with van der Waals surface area (Å²) < 4.78 is 5.41. The fraction of sp³-hybridized carbons (Fsp3) is 0.483. The van der Waals surface area contributed by atoms with Crippen LogP contribution < -0.4 is 10.6 Å². The Balaban J connectivity index is 1.43. The van der Waals surface area contributed by atoms with Crippen molar-refractivity contribution in [3.63, 3.8) is 0 Å². The topological polar surface area (TPSA) is 108 Å². The minimum Gasteiger partial charge on any atom is -0.465 e. The van der Waals surface area contributed by atoms with Crippen molar-refractivity contribution >= 4 is 23.7 Å². The number of carboxylic acid groups (broad SMARTS) is 1. The molecule has 0 aliphatic carbocycles. The van der Waals surface area contributed by atoms with Gasteiger partial charge in [-0.15, -0.1) is 0 Å². The fourth-order valence-electron chi connectivity index (χ4n) is 5.44. The summed E-state index contributed by atoms with van der Waals surface area (Å²) >= 11 is 0. The van der Waals surface area contributed by atoms with Crippen LogP contribution in [0.4, 0.5) is 10.5 Å². The van der Waals surface area contributed by atoms with Crippen LogP contribution in [0, 0.1) is 11.8 Å². The quantitative estimate of drug-likeness (QED) is 0.505. The Bertz CT molecular complexity index is 1090. The van der Waals surface area contributed by atoms with Gasteiger partial charge in [0.15, 0.2) is 0 Å². The first-order valence-electron chi connectivity index (χ1n) is 13.0. The molecule has 0 saturated carbocycles. The SMILES string of the molecule is CC(C)(C)OC(=O)c1ccc(NC(=O)C2NCC(C3CCN(C(=O)O)CC3)CC2c2ccccc2)cc1. The number of hydrogen-bond acceptors (Lipinski definition) is 5. The highest BCUT2D eigenvalue weighted by Crippen LogP contribution is 2.38. The van der Waals surface area contributed by atoms with Gasteiger partial charge in [0.2, 0.25) is 5.91 Å². The van der Waals surface area contributed by atoms with Crippen LogP contribution in [0.1, 0.15) is 61.9 Å². The van der Waals surface area contributed by atoms with Gasteiger partial charge in [0.25, 0.3) is 0 Å². The van der Waals surface area contributed by atoms with E-state index >= 15 is 0 Å². The predicted molar refractivity (Wildman–Crippen MR) is 142 cm³/mol. The molecule has 3 N–H and O–H groups in total. The van der Waals surface area contributed by atoms with Crippen LogP contribution in [0.2, 0.25) is 0 Å². The number of nitrogens with one attached hydrogen (secondary N) is 2. The summed E-state index contributed by atoms with van der Waals surface area (Å²) in [4.78, 5) is 38.5. The molecule has 0 radical (unpaired) electrons. The molecule has 8 heteroatoms. The zero-order valence-corrected chi connectivity index (χ0v) is 21.8. The van der Waals surface area contributed by atoms with Crippen molar-refractivity contribution in [3.8, 4) is 0 Å². The summed E-state index contributed by atoms with van der Waals surface area (Å²) in [5, 5.41) is 15.8. The third-order valence-electron chi connectivity index (χ3n) is 7.33. The Morgan fingerprint density at radius 3 is 2.22 bits per heavy atom. The molecule has 2 amide bonds. The van der Waals surface area contributed by atoms with Gasteiger partial charge in [0.1, 0.15) is 5.60 Å². The van der Waals surface area contributed by atoms with Crippen molar-refractivity contribution in [3.05, 3.63) is 65.7 Å². The number of piperidine rings is 2. The Morgan fingerprint density at radius 2 is 1.62 bits per heavy atom. The summed E-state index contributed by atoms with van der Waals surface area (Å²) in [5.41, 5.74) is 1.59. The number of benzene rings is 2. The lowest BCUT2D eigenvalue weighted by Gasteiger charge is -2.42. The minimum absolute atomic E-state index is 0.00140. The molecule has 4 rings (SSSR count). The lowest BCUT2D eigenvalue weighted by molar-refractivity contribution is -0.119. The van der Waals surface area contributed by atoms with E-state index in [9.17, 15) is 19.5 Å². The van der Waals surface area contributed by atoms with Gasteiger partial charge >= 0.3 is 12.1 Å². The van der Waals surface area contributed by atoms with Crippen molar-refractivity contribution in [2.24, 2.45) is 11.8 Å². The number of rotatable bonds is 5. The standard InChI is InChI=1S/C29H37N3O5/c1-29(2,3)37-27(34)21-9-11-23(12-10-21)31-26(33)25-24(20-7-5-4-6-8-20)17-22(18-30-25)19-13-15-32(16-14-19)28(35)36/h4-12,19,22,24-25,30H,13-18H2,1-3H3,(H,31,33)(H,35,36). The van der Waals surface area contributed by atoms with E-state index in [1.54, 1.807) is 24.3 Å². The molecule has 2 saturated heterocycles. The van der Waals surface area contributed by atoms with Gasteiger partial charge in [-0.2, -0.15) is 0 Å². The molecule has 2 aromatic rings. The molecule has 3 unspecified atom stereocenters. The highest BCUT2D eigenvalue weighted by Gasteiger charge is 2.39. The molecule has 0 bridgehead atoms. The maximum atomic E-state index is 13.4. The molecule has 2 heterocycles. The highest BCUT2D eigenvalue weighted by molar-refractivity contribution is 5.96. The molecule has 198 valence electrons. The van der Waals surface area contributed by atoms with Crippen molar-refractivity contribution in [2.75, 3.05) is 25.0 Å². The molecule has 0 aromatic heterocycles. The van der Waals surface area contributed by atoms with E-state index < -0.39 is 23.7 Å². The number of hydrogen-bond donors (Lipinski definition) is 3. The average molecular weight is 508 g/mol. The zero-order chi connectivity index (χ0) is 26.6. The lowest BCUT2D eigenvalue weighted by Crippen LogP contribution is -2.53. The first-order chi connectivity index (χ1) is 17.6. The van der Waals surface area contributed by atoms with Gasteiger partial charge in [-0.3, -0.25) is 4.79 Å². The number of esters is 1. The summed E-state index contributed by atoms with van der Waals surface area (Å²) in [5.74, 6) is 0.289. The summed E-state index contributed by atoms with van der Waals surface area (Å²) in [6, 6.07) is 16.5. The van der Waals surface area contributed by atoms with Gasteiger partial charge in [-0.25, -0.2) is 9.59 Å². The molecule has 2 aliphatic rings. The van der Waals surface area contributed by atoms with E-state index in [1.165, 1.54) is 4.90 Å². The second-order valence-corrected chi connectivity index (χ2v) is 11.1. The molecule has 8 nitrogen and oxygen atoms in total. The summed E-state index contributed by atoms with van der Waals surface area (Å²) in [6.07, 6.45) is 1.71. The third-order valence-corrected chi connectivity index (χ3v) is 7.33. The number of carbonyl (C=O) groups is 3. The van der Waals surface area contributed by atoms with E-state index in [-0.39, 0.29) is 11.8 Å². The third kappa shape index (κ3) is 6.89. The number of likely N-dealkylation sites (tertiary alicyclic amines) is 1. The highest BCUT2D eigenvalue weighted by atomic mass is 16.6. The van der Waals surface area contributed by atoms with Crippen LogP contribution in [-0.4, -0.2) is 59.3 Å². The number of carbonyl (C=O) groups excluding carboxylic acids is 2. The van der Waals surface area contributed by atoms with E-state index in [2.05, 4.69) is 22.8 Å². The molecular weight excluding hydrogens is 470 g/mol.